The van der Waals surface area contributed by atoms with Crippen LogP contribution >= 0.6 is 11.6 Å². The molecule has 180 valence electrons. The number of nitrogens with zero attached hydrogens (tertiary/aromatic N) is 4. The highest BCUT2D eigenvalue weighted by Gasteiger charge is 2.28. The largest absolute Gasteiger partial charge is 0.476 e. The maximum absolute atomic E-state index is 13.2. The lowest BCUT2D eigenvalue weighted by molar-refractivity contribution is -0.0238. The predicted octanol–water partition coefficient (Wildman–Crippen LogP) is 4.46. The SMILES string of the molecule is CC(F)(F)CN1CCC(COc2nc(Nc3ccc(N4CCOCC4)cc3)ncc2Cl)CC1. The number of aromatic nitrogens is 2. The molecule has 0 saturated carbocycles. The minimum absolute atomic E-state index is 0.194. The Bertz CT molecular complexity index is 899. The third-order valence-corrected chi connectivity index (χ3v) is 6.14. The average Bonchev–Trinajstić information content (AvgIpc) is 2.80. The third-order valence-electron chi connectivity index (χ3n) is 5.88. The monoisotopic (exact) mass is 481 g/mol. The predicted molar refractivity (Wildman–Crippen MR) is 125 cm³/mol. The Balaban J connectivity index is 1.29. The molecule has 4 rings (SSSR count). The molecule has 0 radical (unpaired) electrons. The summed E-state index contributed by atoms with van der Waals surface area (Å²) in [6.07, 6.45) is 3.12. The zero-order chi connectivity index (χ0) is 23.3. The molecule has 1 aromatic carbocycles. The minimum Gasteiger partial charge on any atom is -0.476 e. The fourth-order valence-electron chi connectivity index (χ4n) is 4.12. The van der Waals surface area contributed by atoms with E-state index in [0.29, 0.717) is 36.5 Å². The Labute approximate surface area is 198 Å². The van der Waals surface area contributed by atoms with Gasteiger partial charge >= 0.3 is 0 Å². The topological polar surface area (TPSA) is 62.8 Å². The fourth-order valence-corrected chi connectivity index (χ4v) is 4.27. The number of ether oxygens (including phenoxy) is 2. The van der Waals surface area contributed by atoms with Crippen LogP contribution in [-0.4, -0.2) is 73.3 Å². The molecule has 2 aromatic rings. The molecule has 2 fully saturated rings. The Hall–Kier alpha value is -2.23. The van der Waals surface area contributed by atoms with Crippen molar-refractivity contribution in [3.63, 3.8) is 0 Å². The highest BCUT2D eigenvalue weighted by atomic mass is 35.5. The van der Waals surface area contributed by atoms with Crippen LogP contribution in [0.15, 0.2) is 30.5 Å². The van der Waals surface area contributed by atoms with Crippen molar-refractivity contribution in [2.45, 2.75) is 25.7 Å². The first kappa shape index (κ1) is 23.9. The summed E-state index contributed by atoms with van der Waals surface area (Å²) in [5, 5.41) is 3.52. The highest BCUT2D eigenvalue weighted by molar-refractivity contribution is 6.31. The van der Waals surface area contributed by atoms with Crippen molar-refractivity contribution in [3.05, 3.63) is 35.5 Å². The van der Waals surface area contributed by atoms with Crippen LogP contribution in [0.3, 0.4) is 0 Å². The van der Waals surface area contributed by atoms with Gasteiger partial charge in [-0.05, 0) is 56.1 Å². The summed E-state index contributed by atoms with van der Waals surface area (Å²) in [6.45, 7) is 5.76. The number of morpholine rings is 1. The van der Waals surface area contributed by atoms with Crippen LogP contribution in [0.25, 0.3) is 0 Å². The second-order valence-electron chi connectivity index (χ2n) is 8.72. The second kappa shape index (κ2) is 10.8. The molecular formula is C23H30ClF2N5O2. The van der Waals surface area contributed by atoms with Crippen LogP contribution < -0.4 is 15.0 Å². The van der Waals surface area contributed by atoms with Gasteiger partial charge in [-0.15, -0.1) is 0 Å². The zero-order valence-corrected chi connectivity index (χ0v) is 19.5. The van der Waals surface area contributed by atoms with Crippen LogP contribution in [0.5, 0.6) is 5.88 Å². The number of hydrogen-bond acceptors (Lipinski definition) is 7. The molecule has 2 aliphatic heterocycles. The fraction of sp³-hybridized carbons (Fsp3) is 0.565. The van der Waals surface area contributed by atoms with Gasteiger partial charge in [-0.2, -0.15) is 4.98 Å². The molecule has 0 amide bonds. The van der Waals surface area contributed by atoms with E-state index in [9.17, 15) is 8.78 Å². The lowest BCUT2D eigenvalue weighted by Crippen LogP contribution is -2.41. The van der Waals surface area contributed by atoms with Gasteiger partial charge in [-0.25, -0.2) is 13.8 Å². The van der Waals surface area contributed by atoms with E-state index in [1.54, 1.807) is 4.90 Å². The molecule has 10 heteroatoms. The van der Waals surface area contributed by atoms with Crippen LogP contribution in [0.4, 0.5) is 26.1 Å². The Morgan fingerprint density at radius 2 is 1.85 bits per heavy atom. The van der Waals surface area contributed by atoms with E-state index in [1.165, 1.54) is 6.20 Å². The van der Waals surface area contributed by atoms with Gasteiger partial charge in [0.2, 0.25) is 11.8 Å². The first-order valence-corrected chi connectivity index (χ1v) is 11.7. The molecule has 0 bridgehead atoms. The molecular weight excluding hydrogens is 452 g/mol. The summed E-state index contributed by atoms with van der Waals surface area (Å²) >= 11 is 6.23. The summed E-state index contributed by atoms with van der Waals surface area (Å²) in [7, 11) is 0. The standard InChI is InChI=1S/C23H30ClF2N5O2/c1-23(25,26)16-30-8-6-17(7-9-30)15-33-21-20(24)14-27-22(29-21)28-18-2-4-19(5-3-18)31-10-12-32-13-11-31/h2-5,14,17H,6-13,15-16H2,1H3,(H,27,28,29). The number of rotatable bonds is 8. The van der Waals surface area contributed by atoms with Gasteiger partial charge in [-0.3, -0.25) is 4.90 Å². The number of nitrogens with one attached hydrogen (secondary N) is 1. The van der Waals surface area contributed by atoms with Crippen molar-refractivity contribution in [3.8, 4) is 5.88 Å². The number of halogens is 3. The maximum Gasteiger partial charge on any atom is 0.257 e. The van der Waals surface area contributed by atoms with Crippen molar-refractivity contribution >= 4 is 28.9 Å². The van der Waals surface area contributed by atoms with Gasteiger partial charge in [-0.1, -0.05) is 11.6 Å². The summed E-state index contributed by atoms with van der Waals surface area (Å²) in [4.78, 5) is 12.8. The van der Waals surface area contributed by atoms with Crippen LogP contribution in [0.2, 0.25) is 5.02 Å². The van der Waals surface area contributed by atoms with Crippen LogP contribution in [-0.2, 0) is 4.74 Å². The maximum atomic E-state index is 13.2. The molecule has 0 atom stereocenters. The lowest BCUT2D eigenvalue weighted by Gasteiger charge is -2.33. The average molecular weight is 482 g/mol. The Morgan fingerprint density at radius 3 is 2.52 bits per heavy atom. The van der Waals surface area contributed by atoms with Gasteiger partial charge < -0.3 is 19.7 Å². The van der Waals surface area contributed by atoms with E-state index < -0.39 is 5.92 Å². The van der Waals surface area contributed by atoms with E-state index in [0.717, 1.165) is 57.4 Å². The molecule has 0 aliphatic carbocycles. The number of piperidine rings is 1. The van der Waals surface area contributed by atoms with E-state index in [4.69, 9.17) is 21.1 Å². The zero-order valence-electron chi connectivity index (χ0n) is 18.8. The number of anilines is 3. The van der Waals surface area contributed by atoms with Gasteiger partial charge in [0.25, 0.3) is 5.92 Å². The summed E-state index contributed by atoms with van der Waals surface area (Å²) in [5.74, 6) is -1.67. The summed E-state index contributed by atoms with van der Waals surface area (Å²) in [5.41, 5.74) is 2.01. The number of likely N-dealkylation sites (tertiary alicyclic amines) is 1. The molecule has 0 unspecified atom stereocenters. The Kier molecular flexibility index (Phi) is 7.82. The third kappa shape index (κ3) is 7.12. The van der Waals surface area contributed by atoms with Crippen molar-refractivity contribution in [1.29, 1.82) is 0 Å². The number of hydrogen-bond donors (Lipinski definition) is 1. The first-order valence-electron chi connectivity index (χ1n) is 11.3. The second-order valence-corrected chi connectivity index (χ2v) is 9.13. The van der Waals surface area contributed by atoms with E-state index in [-0.39, 0.29) is 12.5 Å². The van der Waals surface area contributed by atoms with Crippen LogP contribution in [0, 0.1) is 5.92 Å². The molecule has 2 aliphatic rings. The van der Waals surface area contributed by atoms with Crippen molar-refractivity contribution < 1.29 is 18.3 Å². The lowest BCUT2D eigenvalue weighted by atomic mass is 9.97. The van der Waals surface area contributed by atoms with Gasteiger partial charge in [0, 0.05) is 31.4 Å². The first-order chi connectivity index (χ1) is 15.9. The Morgan fingerprint density at radius 1 is 1.15 bits per heavy atom. The smallest absolute Gasteiger partial charge is 0.257 e. The van der Waals surface area contributed by atoms with Gasteiger partial charge in [0.05, 0.1) is 32.6 Å². The van der Waals surface area contributed by atoms with Crippen molar-refractivity contribution in [2.75, 3.05) is 62.8 Å². The van der Waals surface area contributed by atoms with Crippen molar-refractivity contribution in [2.24, 2.45) is 5.92 Å². The van der Waals surface area contributed by atoms with E-state index >= 15 is 0 Å². The highest BCUT2D eigenvalue weighted by Crippen LogP contribution is 2.27. The van der Waals surface area contributed by atoms with Crippen molar-refractivity contribution in [1.82, 2.24) is 14.9 Å². The van der Waals surface area contributed by atoms with E-state index in [1.807, 2.05) is 12.1 Å². The molecule has 3 heterocycles. The van der Waals surface area contributed by atoms with E-state index in [2.05, 4.69) is 32.3 Å². The quantitative estimate of drug-likeness (QED) is 0.597. The normalized spacial score (nSPS) is 18.4. The number of alkyl halides is 2. The van der Waals surface area contributed by atoms with Crippen LogP contribution in [0.1, 0.15) is 19.8 Å². The molecule has 0 spiro atoms. The molecule has 1 N–H and O–H groups in total. The molecule has 2 saturated heterocycles. The summed E-state index contributed by atoms with van der Waals surface area (Å²) in [6, 6.07) is 8.08. The van der Waals surface area contributed by atoms with Gasteiger partial charge in [0.15, 0.2) is 0 Å². The minimum atomic E-state index is -2.66. The number of benzene rings is 1. The summed E-state index contributed by atoms with van der Waals surface area (Å²) < 4.78 is 37.7. The molecule has 33 heavy (non-hydrogen) atoms. The molecule has 7 nitrogen and oxygen atoms in total. The molecule has 1 aromatic heterocycles. The van der Waals surface area contributed by atoms with Gasteiger partial charge in [0.1, 0.15) is 5.02 Å².